The predicted molar refractivity (Wildman–Crippen MR) is 88.4 cm³/mol. The van der Waals surface area contributed by atoms with Crippen LogP contribution in [0.15, 0.2) is 41.8 Å². The molecule has 0 radical (unpaired) electrons. The van der Waals surface area contributed by atoms with Gasteiger partial charge in [-0.15, -0.1) is 11.3 Å². The van der Waals surface area contributed by atoms with Crippen LogP contribution in [0.4, 0.5) is 0 Å². The van der Waals surface area contributed by atoms with Crippen molar-refractivity contribution in [2.45, 2.75) is 19.6 Å². The van der Waals surface area contributed by atoms with Crippen LogP contribution in [0.3, 0.4) is 0 Å². The number of ether oxygens (including phenoxy) is 2. The minimum absolute atomic E-state index is 0.356. The second-order valence-corrected chi connectivity index (χ2v) is 5.89. The second kappa shape index (κ2) is 8.70. The Bertz CT molecular complexity index is 720. The highest BCUT2D eigenvalue weighted by molar-refractivity contribution is 7.09. The summed E-state index contributed by atoms with van der Waals surface area (Å²) in [5, 5.41) is 13.3. The van der Waals surface area contributed by atoms with Crippen molar-refractivity contribution in [1.82, 2.24) is 5.32 Å². The molecule has 2 aromatic rings. The van der Waals surface area contributed by atoms with E-state index in [4.69, 9.17) is 14.7 Å². The lowest BCUT2D eigenvalue weighted by Crippen LogP contribution is -2.32. The Morgan fingerprint density at radius 1 is 1.29 bits per heavy atom. The maximum atomic E-state index is 11.8. The van der Waals surface area contributed by atoms with Gasteiger partial charge in [0.1, 0.15) is 5.75 Å². The van der Waals surface area contributed by atoms with E-state index in [-0.39, 0.29) is 12.5 Å². The summed E-state index contributed by atoms with van der Waals surface area (Å²) >= 11 is 1.54. The van der Waals surface area contributed by atoms with E-state index in [1.165, 1.54) is 18.3 Å². The number of nitrogens with zero attached hydrogens (tertiary/aromatic N) is 1. The maximum Gasteiger partial charge on any atom is 0.347 e. The lowest BCUT2D eigenvalue weighted by molar-refractivity contribution is -0.154. The van der Waals surface area contributed by atoms with Crippen molar-refractivity contribution >= 4 is 23.2 Å². The molecule has 0 saturated heterocycles. The quantitative estimate of drug-likeness (QED) is 0.778. The number of carbonyl (C=O) groups is 2. The molecule has 24 heavy (non-hydrogen) atoms. The van der Waals surface area contributed by atoms with Gasteiger partial charge in [0.05, 0.1) is 18.2 Å². The van der Waals surface area contributed by atoms with Gasteiger partial charge < -0.3 is 14.8 Å². The molecule has 1 amide bonds. The van der Waals surface area contributed by atoms with Gasteiger partial charge in [0.2, 0.25) is 0 Å². The van der Waals surface area contributed by atoms with Gasteiger partial charge in [-0.25, -0.2) is 4.79 Å². The molecular formula is C17H16N2O4S. The van der Waals surface area contributed by atoms with E-state index in [2.05, 4.69) is 5.32 Å². The zero-order valence-corrected chi connectivity index (χ0v) is 13.8. The maximum absolute atomic E-state index is 11.8. The fraction of sp³-hybridized carbons (Fsp3) is 0.235. The van der Waals surface area contributed by atoms with Crippen LogP contribution in [0.5, 0.6) is 5.75 Å². The molecule has 0 aliphatic heterocycles. The third kappa shape index (κ3) is 5.41. The zero-order chi connectivity index (χ0) is 17.4. The Labute approximate surface area is 143 Å². The number of thiophene rings is 1. The summed E-state index contributed by atoms with van der Waals surface area (Å²) in [6.07, 6.45) is -0.858. The molecule has 0 saturated carbocycles. The molecule has 7 heteroatoms. The van der Waals surface area contributed by atoms with E-state index in [1.807, 2.05) is 23.6 Å². The molecule has 0 aliphatic carbocycles. The summed E-state index contributed by atoms with van der Waals surface area (Å²) in [6.45, 7) is 1.58. The molecule has 1 heterocycles. The van der Waals surface area contributed by atoms with Gasteiger partial charge in [-0.1, -0.05) is 6.07 Å². The van der Waals surface area contributed by atoms with Gasteiger partial charge >= 0.3 is 5.97 Å². The Morgan fingerprint density at radius 3 is 2.67 bits per heavy atom. The van der Waals surface area contributed by atoms with Crippen LogP contribution in [-0.4, -0.2) is 24.6 Å². The van der Waals surface area contributed by atoms with Crippen LogP contribution in [0.25, 0.3) is 0 Å². The van der Waals surface area contributed by atoms with Crippen molar-refractivity contribution in [2.24, 2.45) is 0 Å². The number of benzene rings is 1. The van der Waals surface area contributed by atoms with E-state index in [9.17, 15) is 9.59 Å². The van der Waals surface area contributed by atoms with Crippen molar-refractivity contribution in [3.8, 4) is 11.8 Å². The number of hydrogen-bond acceptors (Lipinski definition) is 6. The van der Waals surface area contributed by atoms with Crippen LogP contribution in [0.1, 0.15) is 17.4 Å². The molecule has 124 valence electrons. The fourth-order valence-electron chi connectivity index (χ4n) is 1.76. The molecule has 0 aliphatic rings. The average Bonchev–Trinajstić information content (AvgIpc) is 3.12. The number of amides is 1. The van der Waals surface area contributed by atoms with Gasteiger partial charge in [0, 0.05) is 4.88 Å². The van der Waals surface area contributed by atoms with Crippen molar-refractivity contribution in [2.75, 3.05) is 6.61 Å². The topological polar surface area (TPSA) is 88.4 Å². The molecule has 6 nitrogen and oxygen atoms in total. The predicted octanol–water partition coefficient (Wildman–Crippen LogP) is 2.25. The second-order valence-electron chi connectivity index (χ2n) is 4.86. The summed E-state index contributed by atoms with van der Waals surface area (Å²) in [6, 6.07) is 12.2. The smallest absolute Gasteiger partial charge is 0.347 e. The molecule has 0 bridgehead atoms. The number of carbonyl (C=O) groups excluding carboxylic acids is 2. The average molecular weight is 344 g/mol. The molecule has 1 aromatic heterocycles. The summed E-state index contributed by atoms with van der Waals surface area (Å²) < 4.78 is 10.3. The highest BCUT2D eigenvalue weighted by Crippen LogP contribution is 2.14. The van der Waals surface area contributed by atoms with E-state index >= 15 is 0 Å². The van der Waals surface area contributed by atoms with Crippen molar-refractivity contribution in [3.05, 3.63) is 52.2 Å². The first kappa shape index (κ1) is 17.5. The molecule has 1 aromatic carbocycles. The highest BCUT2D eigenvalue weighted by Gasteiger charge is 2.17. The van der Waals surface area contributed by atoms with Gasteiger partial charge in [0.15, 0.2) is 12.7 Å². The molecule has 0 spiro atoms. The Morgan fingerprint density at radius 2 is 2.04 bits per heavy atom. The SMILES string of the molecule is C[C@@H](Oc1ccc(C#N)cc1)C(=O)OCC(=O)NCc1cccs1. The van der Waals surface area contributed by atoms with Crippen LogP contribution < -0.4 is 10.1 Å². The summed E-state index contributed by atoms with van der Waals surface area (Å²) in [7, 11) is 0. The van der Waals surface area contributed by atoms with E-state index in [1.54, 1.807) is 24.3 Å². The number of nitrogens with one attached hydrogen (secondary N) is 1. The van der Waals surface area contributed by atoms with Gasteiger partial charge in [-0.3, -0.25) is 4.79 Å². The van der Waals surface area contributed by atoms with Crippen LogP contribution in [0, 0.1) is 11.3 Å². The molecular weight excluding hydrogens is 328 g/mol. The normalized spacial score (nSPS) is 11.2. The van der Waals surface area contributed by atoms with Gasteiger partial charge in [-0.2, -0.15) is 5.26 Å². The number of nitriles is 1. The third-order valence-corrected chi connectivity index (χ3v) is 3.89. The van der Waals surface area contributed by atoms with Gasteiger partial charge in [0.25, 0.3) is 5.91 Å². The van der Waals surface area contributed by atoms with E-state index in [0.717, 1.165) is 4.88 Å². The first-order chi connectivity index (χ1) is 11.6. The monoisotopic (exact) mass is 344 g/mol. The molecule has 1 N–H and O–H groups in total. The third-order valence-electron chi connectivity index (χ3n) is 3.01. The van der Waals surface area contributed by atoms with Crippen LogP contribution in [-0.2, 0) is 20.9 Å². The van der Waals surface area contributed by atoms with Crippen molar-refractivity contribution < 1.29 is 19.1 Å². The largest absolute Gasteiger partial charge is 0.479 e. The minimum atomic E-state index is -0.858. The lowest BCUT2D eigenvalue weighted by atomic mass is 10.2. The summed E-state index contributed by atoms with van der Waals surface area (Å²) in [5.74, 6) is -0.562. The Balaban J connectivity index is 1.72. The van der Waals surface area contributed by atoms with Crippen molar-refractivity contribution in [3.63, 3.8) is 0 Å². The zero-order valence-electron chi connectivity index (χ0n) is 13.0. The number of esters is 1. The Hall–Kier alpha value is -2.85. The Kier molecular flexibility index (Phi) is 6.34. The van der Waals surface area contributed by atoms with E-state index < -0.39 is 12.1 Å². The van der Waals surface area contributed by atoms with E-state index in [0.29, 0.717) is 17.9 Å². The molecule has 1 atom stereocenters. The van der Waals surface area contributed by atoms with Gasteiger partial charge in [-0.05, 0) is 42.6 Å². The van der Waals surface area contributed by atoms with Crippen LogP contribution >= 0.6 is 11.3 Å². The van der Waals surface area contributed by atoms with Crippen LogP contribution in [0.2, 0.25) is 0 Å². The molecule has 2 rings (SSSR count). The lowest BCUT2D eigenvalue weighted by Gasteiger charge is -2.14. The number of hydrogen-bond donors (Lipinski definition) is 1. The molecule has 0 unspecified atom stereocenters. The fourth-order valence-corrected chi connectivity index (χ4v) is 2.41. The highest BCUT2D eigenvalue weighted by atomic mass is 32.1. The first-order valence-corrected chi connectivity index (χ1v) is 8.09. The summed E-state index contributed by atoms with van der Waals surface area (Å²) in [4.78, 5) is 24.5. The minimum Gasteiger partial charge on any atom is -0.479 e. The summed E-state index contributed by atoms with van der Waals surface area (Å²) in [5.41, 5.74) is 0.500. The van der Waals surface area contributed by atoms with Crippen molar-refractivity contribution in [1.29, 1.82) is 5.26 Å². The standard InChI is InChI=1S/C17H16N2O4S/c1-12(23-14-6-4-13(9-18)5-7-14)17(21)22-11-16(20)19-10-15-3-2-8-24-15/h2-8,12H,10-11H2,1H3,(H,19,20)/t12-/m1/s1. The first-order valence-electron chi connectivity index (χ1n) is 7.21. The molecule has 0 fully saturated rings. The number of rotatable bonds is 7.